The number of amides is 1. The molecule has 1 aliphatic rings. The summed E-state index contributed by atoms with van der Waals surface area (Å²) >= 11 is 0. The highest BCUT2D eigenvalue weighted by Crippen LogP contribution is 2.29. The Morgan fingerprint density at radius 2 is 1.81 bits per heavy atom. The van der Waals surface area contributed by atoms with Crippen LogP contribution in [0.1, 0.15) is 30.5 Å². The average molecular weight is 378 g/mol. The monoisotopic (exact) mass is 378 g/mol. The molecule has 1 aromatic heterocycles. The van der Waals surface area contributed by atoms with Crippen LogP contribution >= 0.6 is 0 Å². The predicted octanol–water partition coefficient (Wildman–Crippen LogP) is 4.10. The Hall–Kier alpha value is -2.57. The molecule has 7 heteroatoms. The number of carbonyl (C=O) groups excluding carboxylic acids is 1. The van der Waals surface area contributed by atoms with E-state index in [2.05, 4.69) is 17.1 Å². The Bertz CT molecular complexity index is 759. The van der Waals surface area contributed by atoms with Crippen LogP contribution in [0, 0.1) is 0 Å². The Balaban J connectivity index is 1.36. The Morgan fingerprint density at radius 1 is 1.07 bits per heavy atom. The summed E-state index contributed by atoms with van der Waals surface area (Å²) in [6, 6.07) is 13.7. The van der Waals surface area contributed by atoms with Crippen LogP contribution in [0.3, 0.4) is 0 Å². The number of nitrogens with zero attached hydrogens (tertiary/aromatic N) is 2. The van der Waals surface area contributed by atoms with E-state index in [1.165, 1.54) is 17.7 Å². The van der Waals surface area contributed by atoms with E-state index in [0.717, 1.165) is 25.3 Å². The number of rotatable bonds is 7. The predicted molar refractivity (Wildman–Crippen MR) is 94.2 cm³/mol. The van der Waals surface area contributed by atoms with Gasteiger partial charge in [0.1, 0.15) is 11.8 Å². The minimum atomic E-state index is -4.50. The van der Waals surface area contributed by atoms with Gasteiger partial charge in [0.15, 0.2) is 0 Å². The molecule has 0 saturated carbocycles. The van der Waals surface area contributed by atoms with Crippen molar-refractivity contribution < 1.29 is 22.7 Å². The highest BCUT2D eigenvalue weighted by molar-refractivity contribution is 5.77. The van der Waals surface area contributed by atoms with Gasteiger partial charge in [-0.2, -0.15) is 13.2 Å². The van der Waals surface area contributed by atoms with Gasteiger partial charge in [-0.15, -0.1) is 0 Å². The van der Waals surface area contributed by atoms with Crippen LogP contribution in [0.2, 0.25) is 0 Å². The van der Waals surface area contributed by atoms with Gasteiger partial charge in [-0.3, -0.25) is 4.79 Å². The van der Waals surface area contributed by atoms with Crippen molar-refractivity contribution in [1.82, 2.24) is 9.88 Å². The third-order valence-electron chi connectivity index (χ3n) is 4.45. The molecule has 27 heavy (non-hydrogen) atoms. The van der Waals surface area contributed by atoms with E-state index in [1.807, 2.05) is 18.2 Å². The van der Waals surface area contributed by atoms with Crippen molar-refractivity contribution in [2.24, 2.45) is 0 Å². The third kappa shape index (κ3) is 5.45. The molecule has 1 fully saturated rings. The number of aryl methyl sites for hydroxylation is 1. The summed E-state index contributed by atoms with van der Waals surface area (Å²) in [4.78, 5) is 17.3. The molecule has 0 spiro atoms. The molecular weight excluding hydrogens is 357 g/mol. The maximum Gasteiger partial charge on any atom is 0.433 e. The topological polar surface area (TPSA) is 42.4 Å². The molecule has 3 rings (SSSR count). The van der Waals surface area contributed by atoms with E-state index >= 15 is 0 Å². The number of aromatic nitrogens is 1. The van der Waals surface area contributed by atoms with Crippen molar-refractivity contribution in [3.05, 3.63) is 59.8 Å². The largest absolute Gasteiger partial charge is 0.471 e. The number of hydrogen-bond acceptors (Lipinski definition) is 3. The van der Waals surface area contributed by atoms with Crippen molar-refractivity contribution in [3.8, 4) is 5.88 Å². The Morgan fingerprint density at radius 3 is 2.52 bits per heavy atom. The third-order valence-corrected chi connectivity index (χ3v) is 4.45. The smallest absolute Gasteiger partial charge is 0.433 e. The summed E-state index contributed by atoms with van der Waals surface area (Å²) < 4.78 is 43.4. The lowest BCUT2D eigenvalue weighted by Crippen LogP contribution is -2.56. The van der Waals surface area contributed by atoms with Crippen molar-refractivity contribution in [1.29, 1.82) is 0 Å². The molecule has 1 amide bonds. The first-order valence-electron chi connectivity index (χ1n) is 8.94. The number of alkyl halides is 3. The second-order valence-electron chi connectivity index (χ2n) is 6.59. The van der Waals surface area contributed by atoms with Gasteiger partial charge in [0.05, 0.1) is 13.1 Å². The highest BCUT2D eigenvalue weighted by Gasteiger charge is 2.34. The van der Waals surface area contributed by atoms with E-state index in [-0.39, 0.29) is 17.9 Å². The fourth-order valence-corrected chi connectivity index (χ4v) is 2.93. The molecule has 144 valence electrons. The van der Waals surface area contributed by atoms with Crippen LogP contribution in [-0.4, -0.2) is 35.0 Å². The van der Waals surface area contributed by atoms with Crippen LogP contribution in [-0.2, 0) is 17.4 Å². The second kappa shape index (κ2) is 8.41. The number of unbranched alkanes of at least 4 members (excludes halogenated alkanes) is 1. The summed E-state index contributed by atoms with van der Waals surface area (Å²) in [5.74, 6) is -0.00954. The second-order valence-corrected chi connectivity index (χ2v) is 6.59. The fraction of sp³-hybridized carbons (Fsp3) is 0.400. The number of pyridine rings is 1. The van der Waals surface area contributed by atoms with Crippen LogP contribution < -0.4 is 4.74 Å². The standard InChI is InChI=1S/C20H21F3N2O2/c21-20(22,23)17-10-6-11-18(24-17)27-16-13-25(14-16)19(26)12-5-4-9-15-7-2-1-3-8-15/h1-3,6-8,10-11,16H,4-5,9,12-14H2. The molecule has 1 aromatic carbocycles. The van der Waals surface area contributed by atoms with E-state index in [1.54, 1.807) is 4.90 Å². The Kier molecular flexibility index (Phi) is 5.98. The number of carbonyl (C=O) groups is 1. The fourth-order valence-electron chi connectivity index (χ4n) is 2.93. The van der Waals surface area contributed by atoms with Crippen LogP contribution in [0.4, 0.5) is 13.2 Å². The van der Waals surface area contributed by atoms with Gasteiger partial charge >= 0.3 is 6.18 Å². The molecule has 0 unspecified atom stereocenters. The lowest BCUT2D eigenvalue weighted by Gasteiger charge is -2.38. The molecule has 4 nitrogen and oxygen atoms in total. The lowest BCUT2D eigenvalue weighted by molar-refractivity contribution is -0.142. The number of halogens is 3. The molecule has 0 atom stereocenters. The van der Waals surface area contributed by atoms with Gasteiger partial charge in [0, 0.05) is 12.5 Å². The van der Waals surface area contributed by atoms with Gasteiger partial charge in [-0.1, -0.05) is 36.4 Å². The number of likely N-dealkylation sites (tertiary alicyclic amines) is 1. The zero-order valence-corrected chi connectivity index (χ0v) is 14.8. The van der Waals surface area contributed by atoms with Crippen molar-refractivity contribution in [3.63, 3.8) is 0 Å². The van der Waals surface area contributed by atoms with Gasteiger partial charge < -0.3 is 9.64 Å². The summed E-state index contributed by atoms with van der Waals surface area (Å²) in [6.07, 6.45) is -1.64. The maximum atomic E-state index is 12.7. The first kappa shape index (κ1) is 19.2. The minimum absolute atomic E-state index is 0.0555. The molecule has 1 saturated heterocycles. The van der Waals surface area contributed by atoms with E-state index in [4.69, 9.17) is 4.74 Å². The normalized spacial score (nSPS) is 14.7. The number of ether oxygens (including phenoxy) is 1. The lowest BCUT2D eigenvalue weighted by atomic mass is 10.1. The molecule has 2 aromatic rings. The molecule has 0 aliphatic carbocycles. The molecule has 0 N–H and O–H groups in total. The van der Waals surface area contributed by atoms with Gasteiger partial charge in [-0.25, -0.2) is 4.98 Å². The van der Waals surface area contributed by atoms with Crippen molar-refractivity contribution >= 4 is 5.91 Å². The van der Waals surface area contributed by atoms with Crippen molar-refractivity contribution in [2.75, 3.05) is 13.1 Å². The number of benzene rings is 1. The SMILES string of the molecule is O=C(CCCCc1ccccc1)N1CC(Oc2cccc(C(F)(F)F)n2)C1. The molecule has 0 radical (unpaired) electrons. The zero-order valence-electron chi connectivity index (χ0n) is 14.8. The van der Waals surface area contributed by atoms with E-state index in [0.29, 0.717) is 19.5 Å². The molecule has 0 bridgehead atoms. The quantitative estimate of drug-likeness (QED) is 0.681. The van der Waals surface area contributed by atoms with E-state index in [9.17, 15) is 18.0 Å². The minimum Gasteiger partial charge on any atom is -0.471 e. The average Bonchev–Trinajstić information content (AvgIpc) is 2.62. The Labute approximate surface area is 156 Å². The first-order valence-corrected chi connectivity index (χ1v) is 8.94. The van der Waals surface area contributed by atoms with Crippen LogP contribution in [0.15, 0.2) is 48.5 Å². The summed E-state index contributed by atoms with van der Waals surface area (Å²) in [7, 11) is 0. The molecular formula is C20H21F3N2O2. The highest BCUT2D eigenvalue weighted by atomic mass is 19.4. The van der Waals surface area contributed by atoms with E-state index < -0.39 is 11.9 Å². The zero-order chi connectivity index (χ0) is 19.3. The summed E-state index contributed by atoms with van der Waals surface area (Å²) in [5.41, 5.74) is 0.279. The van der Waals surface area contributed by atoms with Gasteiger partial charge in [0.25, 0.3) is 0 Å². The summed E-state index contributed by atoms with van der Waals surface area (Å²) in [5, 5.41) is 0. The van der Waals surface area contributed by atoms with Gasteiger partial charge in [0.2, 0.25) is 11.8 Å². The maximum absolute atomic E-state index is 12.7. The van der Waals surface area contributed by atoms with Crippen LogP contribution in [0.25, 0.3) is 0 Å². The van der Waals surface area contributed by atoms with Gasteiger partial charge in [-0.05, 0) is 30.9 Å². The first-order chi connectivity index (χ1) is 12.9. The summed E-state index contributed by atoms with van der Waals surface area (Å²) in [6.45, 7) is 0.769. The molecule has 1 aliphatic heterocycles. The molecule has 2 heterocycles. The van der Waals surface area contributed by atoms with Crippen molar-refractivity contribution in [2.45, 2.75) is 38.0 Å². The number of hydrogen-bond donors (Lipinski definition) is 0. The van der Waals surface area contributed by atoms with Crippen LogP contribution in [0.5, 0.6) is 5.88 Å².